The van der Waals surface area contributed by atoms with Gasteiger partial charge < -0.3 is 0 Å². The molecule has 1 aromatic heterocycles. The van der Waals surface area contributed by atoms with Crippen molar-refractivity contribution in [3.8, 4) is 0 Å². The van der Waals surface area contributed by atoms with Gasteiger partial charge in [-0.3, -0.25) is 4.98 Å². The summed E-state index contributed by atoms with van der Waals surface area (Å²) >= 11 is 0. The van der Waals surface area contributed by atoms with Crippen LogP contribution in [0.4, 0.5) is 0 Å². The molecule has 146 valence electrons. The van der Waals surface area contributed by atoms with Gasteiger partial charge in [0.2, 0.25) is 0 Å². The first kappa shape index (κ1) is 19.9. The van der Waals surface area contributed by atoms with Gasteiger partial charge in [0.15, 0.2) is 0 Å². The number of hydrogen-bond acceptors (Lipinski definition) is 1. The van der Waals surface area contributed by atoms with Gasteiger partial charge in [0.1, 0.15) is 0 Å². The average molecular weight is 356 g/mol. The fourth-order valence-electron chi connectivity index (χ4n) is 5.32. The van der Waals surface area contributed by atoms with Crippen LogP contribution in [0, 0.1) is 0 Å². The zero-order valence-corrected chi connectivity index (χ0v) is 17.1. The highest BCUT2D eigenvalue weighted by Gasteiger charge is 2.22. The molecule has 0 aromatic carbocycles. The van der Waals surface area contributed by atoms with Crippen LogP contribution in [0.25, 0.3) is 0 Å². The van der Waals surface area contributed by atoms with Crippen molar-refractivity contribution in [3.05, 3.63) is 29.6 Å². The third kappa shape index (κ3) is 6.39. The highest BCUT2D eigenvalue weighted by Crippen LogP contribution is 2.37. The van der Waals surface area contributed by atoms with E-state index in [1.165, 1.54) is 121 Å². The second-order valence-corrected chi connectivity index (χ2v) is 8.98. The molecule has 1 heterocycles. The standard InChI is InChI=1S/C25H41N/c1-3-7-11-16-22(17-12-8-4-1)24-20-15-21-26-25(24)23-18-13-9-5-2-6-10-14-19-23/h15,20-23H,1-14,16-19H2. The molecule has 0 radical (unpaired) electrons. The van der Waals surface area contributed by atoms with Gasteiger partial charge in [-0.05, 0) is 43.2 Å². The van der Waals surface area contributed by atoms with Crippen molar-refractivity contribution in [2.45, 2.75) is 127 Å². The van der Waals surface area contributed by atoms with Gasteiger partial charge in [-0.15, -0.1) is 0 Å². The normalized spacial score (nSPS) is 23.4. The summed E-state index contributed by atoms with van der Waals surface area (Å²) in [4.78, 5) is 5.00. The van der Waals surface area contributed by atoms with Gasteiger partial charge in [-0.1, -0.05) is 96.0 Å². The third-order valence-electron chi connectivity index (χ3n) is 6.91. The van der Waals surface area contributed by atoms with Crippen molar-refractivity contribution in [2.24, 2.45) is 0 Å². The molecule has 0 amide bonds. The van der Waals surface area contributed by atoms with Crippen molar-refractivity contribution in [3.63, 3.8) is 0 Å². The average Bonchev–Trinajstić information content (AvgIpc) is 2.70. The highest BCUT2D eigenvalue weighted by atomic mass is 14.7. The second kappa shape index (κ2) is 11.8. The van der Waals surface area contributed by atoms with Gasteiger partial charge in [-0.2, -0.15) is 0 Å². The number of hydrogen-bond donors (Lipinski definition) is 0. The number of nitrogens with zero attached hydrogens (tertiary/aromatic N) is 1. The van der Waals surface area contributed by atoms with E-state index in [1.54, 1.807) is 5.56 Å². The summed E-state index contributed by atoms with van der Waals surface area (Å²) in [6.45, 7) is 0. The lowest BCUT2D eigenvalue weighted by Gasteiger charge is -2.26. The van der Waals surface area contributed by atoms with Crippen molar-refractivity contribution < 1.29 is 0 Å². The van der Waals surface area contributed by atoms with Crippen LogP contribution in [0.15, 0.2) is 18.3 Å². The van der Waals surface area contributed by atoms with Crippen molar-refractivity contribution in [1.82, 2.24) is 4.98 Å². The fraction of sp³-hybridized carbons (Fsp3) is 0.800. The molecule has 0 bridgehead atoms. The summed E-state index contributed by atoms with van der Waals surface area (Å²) in [5, 5.41) is 0. The van der Waals surface area contributed by atoms with Crippen LogP contribution in [-0.2, 0) is 0 Å². The van der Waals surface area contributed by atoms with E-state index in [0.717, 1.165) is 11.8 Å². The minimum atomic E-state index is 0.722. The van der Waals surface area contributed by atoms with E-state index in [-0.39, 0.29) is 0 Å². The Morgan fingerprint density at radius 1 is 0.538 bits per heavy atom. The minimum Gasteiger partial charge on any atom is -0.261 e. The summed E-state index contributed by atoms with van der Waals surface area (Å²) in [5.41, 5.74) is 3.13. The zero-order chi connectivity index (χ0) is 17.9. The van der Waals surface area contributed by atoms with E-state index in [2.05, 4.69) is 18.3 Å². The SMILES string of the molecule is c1cnc(C2CCCCCCCCC2)c(C2CCCCCCCCC2)c1. The quantitative estimate of drug-likeness (QED) is 0.520. The van der Waals surface area contributed by atoms with E-state index in [1.807, 2.05) is 0 Å². The molecule has 26 heavy (non-hydrogen) atoms. The zero-order valence-electron chi connectivity index (χ0n) is 17.1. The highest BCUT2D eigenvalue weighted by molar-refractivity contribution is 5.27. The molecule has 0 N–H and O–H groups in total. The summed E-state index contributed by atoms with van der Waals surface area (Å²) in [5.74, 6) is 1.49. The molecular weight excluding hydrogens is 314 g/mol. The first-order valence-electron chi connectivity index (χ1n) is 11.9. The van der Waals surface area contributed by atoms with Gasteiger partial charge >= 0.3 is 0 Å². The lowest BCUT2D eigenvalue weighted by Crippen LogP contribution is -2.11. The van der Waals surface area contributed by atoms with Gasteiger partial charge in [0.25, 0.3) is 0 Å². The van der Waals surface area contributed by atoms with Crippen LogP contribution in [0.1, 0.15) is 139 Å². The maximum absolute atomic E-state index is 5.00. The molecule has 0 atom stereocenters. The lowest BCUT2D eigenvalue weighted by atomic mass is 9.81. The molecule has 0 aliphatic heterocycles. The van der Waals surface area contributed by atoms with Crippen molar-refractivity contribution in [1.29, 1.82) is 0 Å². The number of pyridine rings is 1. The first-order chi connectivity index (χ1) is 12.9. The first-order valence-corrected chi connectivity index (χ1v) is 11.9. The van der Waals surface area contributed by atoms with Crippen molar-refractivity contribution in [2.75, 3.05) is 0 Å². The predicted octanol–water partition coefficient (Wildman–Crippen LogP) is 8.30. The molecule has 2 saturated carbocycles. The summed E-state index contributed by atoms with van der Waals surface area (Å²) in [6, 6.07) is 4.65. The lowest BCUT2D eigenvalue weighted by molar-refractivity contribution is 0.437. The minimum absolute atomic E-state index is 0.722. The Bertz CT molecular complexity index is 430. The summed E-state index contributed by atoms with van der Waals surface area (Å²) in [6.07, 6.45) is 27.7. The Labute approximate surface area is 162 Å². The molecule has 0 spiro atoms. The molecule has 2 aliphatic carbocycles. The topological polar surface area (TPSA) is 12.9 Å². The Hall–Kier alpha value is -0.850. The van der Waals surface area contributed by atoms with Crippen LogP contribution >= 0.6 is 0 Å². The van der Waals surface area contributed by atoms with E-state index < -0.39 is 0 Å². The maximum Gasteiger partial charge on any atom is 0.0469 e. The van der Waals surface area contributed by atoms with Gasteiger partial charge in [0.05, 0.1) is 0 Å². The summed E-state index contributed by atoms with van der Waals surface area (Å²) < 4.78 is 0. The fourth-order valence-corrected chi connectivity index (χ4v) is 5.32. The van der Waals surface area contributed by atoms with Crippen LogP contribution in [0.3, 0.4) is 0 Å². The molecule has 1 aromatic rings. The van der Waals surface area contributed by atoms with Crippen molar-refractivity contribution >= 4 is 0 Å². The molecular formula is C25H41N. The molecule has 1 nitrogen and oxygen atoms in total. The van der Waals surface area contributed by atoms with Gasteiger partial charge in [0, 0.05) is 17.8 Å². The smallest absolute Gasteiger partial charge is 0.0469 e. The second-order valence-electron chi connectivity index (χ2n) is 8.98. The number of aromatic nitrogens is 1. The summed E-state index contributed by atoms with van der Waals surface area (Å²) in [7, 11) is 0. The van der Waals surface area contributed by atoms with Crippen LogP contribution in [0.2, 0.25) is 0 Å². The van der Waals surface area contributed by atoms with Crippen LogP contribution in [0.5, 0.6) is 0 Å². The Morgan fingerprint density at radius 3 is 1.46 bits per heavy atom. The Morgan fingerprint density at radius 2 is 0.962 bits per heavy atom. The molecule has 0 saturated heterocycles. The largest absolute Gasteiger partial charge is 0.261 e. The maximum atomic E-state index is 5.00. The van der Waals surface area contributed by atoms with E-state index in [9.17, 15) is 0 Å². The monoisotopic (exact) mass is 355 g/mol. The third-order valence-corrected chi connectivity index (χ3v) is 6.91. The van der Waals surface area contributed by atoms with Crippen LogP contribution < -0.4 is 0 Å². The number of rotatable bonds is 2. The van der Waals surface area contributed by atoms with E-state index in [0.29, 0.717) is 0 Å². The van der Waals surface area contributed by atoms with E-state index >= 15 is 0 Å². The van der Waals surface area contributed by atoms with E-state index in [4.69, 9.17) is 4.98 Å². The molecule has 1 heteroatoms. The molecule has 2 fully saturated rings. The Kier molecular flexibility index (Phi) is 9.01. The van der Waals surface area contributed by atoms with Crippen LogP contribution in [-0.4, -0.2) is 4.98 Å². The van der Waals surface area contributed by atoms with Gasteiger partial charge in [-0.25, -0.2) is 0 Å². The molecule has 0 unspecified atom stereocenters. The Balaban J connectivity index is 1.73. The molecule has 2 aliphatic rings. The predicted molar refractivity (Wildman–Crippen MR) is 113 cm³/mol. The molecule has 3 rings (SSSR count).